The fraction of sp³-hybridized carbons (Fsp3) is 0.190. The topological polar surface area (TPSA) is 82.5 Å². The number of nitrogens with zero attached hydrogens (tertiary/aromatic N) is 2. The normalized spacial score (nSPS) is 10.4. The van der Waals surface area contributed by atoms with Crippen molar-refractivity contribution in [1.82, 2.24) is 15.1 Å². The zero-order valence-corrected chi connectivity index (χ0v) is 15.7. The van der Waals surface area contributed by atoms with Crippen molar-refractivity contribution in [3.63, 3.8) is 0 Å². The highest BCUT2D eigenvalue weighted by Gasteiger charge is 2.18. The molecule has 0 atom stereocenters. The van der Waals surface area contributed by atoms with E-state index >= 15 is 0 Å². The SMILES string of the molecule is COc1ccccc1CCNC(=O)c1nn(-c2ccccc2)c(=O)cc1OC. The third-order valence-electron chi connectivity index (χ3n) is 4.20. The average Bonchev–Trinajstić information content (AvgIpc) is 2.74. The van der Waals surface area contributed by atoms with Gasteiger partial charge in [-0.15, -0.1) is 0 Å². The second-order valence-electron chi connectivity index (χ2n) is 5.96. The lowest BCUT2D eigenvalue weighted by Gasteiger charge is -2.12. The van der Waals surface area contributed by atoms with Crippen LogP contribution in [-0.4, -0.2) is 36.5 Å². The molecule has 2 aromatic carbocycles. The van der Waals surface area contributed by atoms with Crippen molar-refractivity contribution in [2.45, 2.75) is 6.42 Å². The maximum Gasteiger partial charge on any atom is 0.275 e. The summed E-state index contributed by atoms with van der Waals surface area (Å²) < 4.78 is 11.7. The maximum atomic E-state index is 12.7. The van der Waals surface area contributed by atoms with Crippen LogP contribution in [0.1, 0.15) is 16.1 Å². The third kappa shape index (κ3) is 4.20. The van der Waals surface area contributed by atoms with Gasteiger partial charge in [0, 0.05) is 6.54 Å². The van der Waals surface area contributed by atoms with Crippen molar-refractivity contribution in [2.24, 2.45) is 0 Å². The minimum Gasteiger partial charge on any atom is -0.496 e. The molecule has 0 aliphatic heterocycles. The Balaban J connectivity index is 1.80. The molecule has 0 saturated carbocycles. The van der Waals surface area contributed by atoms with Gasteiger partial charge in [0.1, 0.15) is 5.75 Å². The molecule has 1 amide bonds. The molecule has 0 unspecified atom stereocenters. The fourth-order valence-electron chi connectivity index (χ4n) is 2.81. The molecule has 144 valence electrons. The van der Waals surface area contributed by atoms with Gasteiger partial charge in [0.05, 0.1) is 26.0 Å². The number of nitrogens with one attached hydrogen (secondary N) is 1. The van der Waals surface area contributed by atoms with Crippen molar-refractivity contribution in [2.75, 3.05) is 20.8 Å². The number of benzene rings is 2. The Hall–Kier alpha value is -3.61. The average molecular weight is 379 g/mol. The first-order chi connectivity index (χ1) is 13.6. The summed E-state index contributed by atoms with van der Waals surface area (Å²) in [5, 5.41) is 7.03. The number of rotatable bonds is 7. The van der Waals surface area contributed by atoms with Crippen LogP contribution in [0, 0.1) is 0 Å². The summed E-state index contributed by atoms with van der Waals surface area (Å²) in [5.41, 5.74) is 1.22. The molecule has 0 spiro atoms. The smallest absolute Gasteiger partial charge is 0.275 e. The van der Waals surface area contributed by atoms with Gasteiger partial charge in [0.15, 0.2) is 11.4 Å². The largest absolute Gasteiger partial charge is 0.496 e. The number of carbonyl (C=O) groups excluding carboxylic acids is 1. The summed E-state index contributed by atoms with van der Waals surface area (Å²) >= 11 is 0. The lowest BCUT2D eigenvalue weighted by molar-refractivity contribution is 0.0943. The first kappa shape index (κ1) is 19.2. The van der Waals surface area contributed by atoms with Gasteiger partial charge in [-0.1, -0.05) is 36.4 Å². The Morgan fingerprint density at radius 3 is 2.39 bits per heavy atom. The predicted molar refractivity (Wildman–Crippen MR) is 105 cm³/mol. The van der Waals surface area contributed by atoms with E-state index in [1.165, 1.54) is 17.9 Å². The van der Waals surface area contributed by atoms with Gasteiger partial charge in [-0.3, -0.25) is 9.59 Å². The number of amides is 1. The zero-order valence-electron chi connectivity index (χ0n) is 15.7. The van der Waals surface area contributed by atoms with Gasteiger partial charge in [-0.2, -0.15) is 9.78 Å². The van der Waals surface area contributed by atoms with Crippen LogP contribution in [0.2, 0.25) is 0 Å². The molecule has 0 radical (unpaired) electrons. The van der Waals surface area contributed by atoms with Crippen molar-refractivity contribution in [3.05, 3.63) is 82.3 Å². The molecule has 28 heavy (non-hydrogen) atoms. The van der Waals surface area contributed by atoms with E-state index in [2.05, 4.69) is 10.4 Å². The Labute approximate surface area is 162 Å². The summed E-state index contributed by atoms with van der Waals surface area (Å²) in [6, 6.07) is 17.8. The summed E-state index contributed by atoms with van der Waals surface area (Å²) in [6.45, 7) is 0.383. The number of ether oxygens (including phenoxy) is 2. The van der Waals surface area contributed by atoms with Crippen LogP contribution < -0.4 is 20.3 Å². The first-order valence-electron chi connectivity index (χ1n) is 8.78. The fourth-order valence-corrected chi connectivity index (χ4v) is 2.81. The molecule has 1 N–H and O–H groups in total. The Bertz CT molecular complexity index is 1020. The molecule has 3 aromatic rings. The molecule has 0 fully saturated rings. The monoisotopic (exact) mass is 379 g/mol. The molecule has 0 saturated heterocycles. The number of methoxy groups -OCH3 is 2. The van der Waals surface area contributed by atoms with E-state index in [1.54, 1.807) is 31.4 Å². The van der Waals surface area contributed by atoms with Crippen LogP contribution in [0.25, 0.3) is 5.69 Å². The summed E-state index contributed by atoms with van der Waals surface area (Å²) in [6.07, 6.45) is 0.594. The van der Waals surface area contributed by atoms with Gasteiger partial charge in [0.2, 0.25) is 0 Å². The van der Waals surface area contributed by atoms with E-state index in [0.29, 0.717) is 18.7 Å². The highest BCUT2D eigenvalue weighted by molar-refractivity contribution is 5.94. The minimum absolute atomic E-state index is 0.0472. The highest BCUT2D eigenvalue weighted by Crippen LogP contribution is 2.18. The number of para-hydroxylation sites is 2. The minimum atomic E-state index is -0.420. The molecule has 0 aliphatic carbocycles. The summed E-state index contributed by atoms with van der Waals surface area (Å²) in [7, 11) is 3.01. The maximum absolute atomic E-state index is 12.7. The van der Waals surface area contributed by atoms with Gasteiger partial charge in [-0.25, -0.2) is 0 Å². The number of carbonyl (C=O) groups is 1. The molecule has 7 heteroatoms. The number of hydrogen-bond donors (Lipinski definition) is 1. The third-order valence-corrected chi connectivity index (χ3v) is 4.20. The second-order valence-corrected chi connectivity index (χ2v) is 5.96. The Morgan fingerprint density at radius 1 is 1.00 bits per heavy atom. The van der Waals surface area contributed by atoms with Crippen molar-refractivity contribution >= 4 is 5.91 Å². The molecule has 7 nitrogen and oxygen atoms in total. The van der Waals surface area contributed by atoms with E-state index < -0.39 is 5.91 Å². The molecule has 3 rings (SSSR count). The van der Waals surface area contributed by atoms with E-state index in [4.69, 9.17) is 9.47 Å². The van der Waals surface area contributed by atoms with E-state index in [1.807, 2.05) is 30.3 Å². The highest BCUT2D eigenvalue weighted by atomic mass is 16.5. The van der Waals surface area contributed by atoms with Crippen LogP contribution in [0.4, 0.5) is 0 Å². The van der Waals surface area contributed by atoms with Crippen LogP contribution >= 0.6 is 0 Å². The van der Waals surface area contributed by atoms with Crippen LogP contribution in [-0.2, 0) is 6.42 Å². The Kier molecular flexibility index (Phi) is 6.06. The van der Waals surface area contributed by atoms with Crippen molar-refractivity contribution in [3.8, 4) is 17.2 Å². The molecule has 1 heterocycles. The molecule has 0 bridgehead atoms. The molecular formula is C21H21N3O4. The van der Waals surface area contributed by atoms with Crippen molar-refractivity contribution in [1.29, 1.82) is 0 Å². The Morgan fingerprint density at radius 2 is 1.68 bits per heavy atom. The lowest BCUT2D eigenvalue weighted by atomic mass is 10.1. The number of aromatic nitrogens is 2. The number of hydrogen-bond acceptors (Lipinski definition) is 5. The first-order valence-corrected chi connectivity index (χ1v) is 8.78. The van der Waals surface area contributed by atoms with Crippen LogP contribution in [0.15, 0.2) is 65.5 Å². The molecule has 1 aromatic heterocycles. The van der Waals surface area contributed by atoms with Gasteiger partial charge in [-0.05, 0) is 30.2 Å². The van der Waals surface area contributed by atoms with E-state index in [9.17, 15) is 9.59 Å². The van der Waals surface area contributed by atoms with E-state index in [0.717, 1.165) is 11.3 Å². The van der Waals surface area contributed by atoms with Gasteiger partial charge in [0.25, 0.3) is 11.5 Å². The zero-order chi connectivity index (χ0) is 19.9. The molecule has 0 aliphatic rings. The van der Waals surface area contributed by atoms with Crippen molar-refractivity contribution < 1.29 is 14.3 Å². The lowest BCUT2D eigenvalue weighted by Crippen LogP contribution is -2.31. The quantitative estimate of drug-likeness (QED) is 0.681. The molecular weight excluding hydrogens is 358 g/mol. The predicted octanol–water partition coefficient (Wildman–Crippen LogP) is 2.22. The van der Waals surface area contributed by atoms with Crippen LogP contribution in [0.3, 0.4) is 0 Å². The van der Waals surface area contributed by atoms with E-state index in [-0.39, 0.29) is 17.0 Å². The second kappa shape index (κ2) is 8.85. The standard InChI is InChI=1S/C21H21N3O4/c1-27-17-11-7-6-8-15(17)12-13-22-21(26)20-18(28-2)14-19(25)24(23-20)16-9-4-3-5-10-16/h3-11,14H,12-13H2,1-2H3,(H,22,26). The summed E-state index contributed by atoms with van der Waals surface area (Å²) in [5.74, 6) is 0.480. The van der Waals surface area contributed by atoms with Crippen LogP contribution in [0.5, 0.6) is 11.5 Å². The van der Waals surface area contributed by atoms with Gasteiger partial charge >= 0.3 is 0 Å². The van der Waals surface area contributed by atoms with Gasteiger partial charge < -0.3 is 14.8 Å². The summed E-state index contributed by atoms with van der Waals surface area (Å²) in [4.78, 5) is 25.0.